The molecule has 2 N–H and O–H groups in total. The third-order valence-electron chi connectivity index (χ3n) is 5.25. The van der Waals surface area contributed by atoms with Gasteiger partial charge in [0.05, 0.1) is 7.05 Å². The third-order valence-corrected chi connectivity index (χ3v) is 6.53. The number of rotatable bonds is 9. The molecule has 154 valence electrons. The van der Waals surface area contributed by atoms with Crippen LogP contribution in [0.25, 0.3) is 0 Å². The summed E-state index contributed by atoms with van der Waals surface area (Å²) in [6.45, 7) is 3.82. The van der Waals surface area contributed by atoms with Crippen LogP contribution in [0.3, 0.4) is 0 Å². The Kier molecular flexibility index (Phi) is 7.82. The van der Waals surface area contributed by atoms with Crippen LogP contribution in [0, 0.1) is 4.77 Å². The second-order valence-corrected chi connectivity index (χ2v) is 9.16. The van der Waals surface area contributed by atoms with Crippen LogP contribution in [0.15, 0.2) is 17.5 Å². The average Bonchev–Trinajstić information content (AvgIpc) is 3.29. The second-order valence-electron chi connectivity index (χ2n) is 7.76. The van der Waals surface area contributed by atoms with Gasteiger partial charge in [-0.1, -0.05) is 32.3 Å². The van der Waals surface area contributed by atoms with Crippen molar-refractivity contribution in [3.8, 4) is 0 Å². The average molecular weight is 423 g/mol. The van der Waals surface area contributed by atoms with Gasteiger partial charge >= 0.3 is 0 Å². The third kappa shape index (κ3) is 5.52. The predicted octanol–water partition coefficient (Wildman–Crippen LogP) is 2.57. The molecule has 2 heterocycles. The molecule has 1 amide bonds. The summed E-state index contributed by atoms with van der Waals surface area (Å²) in [5, 5.41) is 9.95. The van der Waals surface area contributed by atoms with Crippen LogP contribution in [0.2, 0.25) is 0 Å². The van der Waals surface area contributed by atoms with Gasteiger partial charge in [-0.25, -0.2) is 0 Å². The summed E-state index contributed by atoms with van der Waals surface area (Å²) in [7, 11) is 2.02. The van der Waals surface area contributed by atoms with E-state index in [2.05, 4.69) is 34.3 Å². The van der Waals surface area contributed by atoms with Crippen LogP contribution >= 0.6 is 23.6 Å². The molecule has 28 heavy (non-hydrogen) atoms. The van der Waals surface area contributed by atoms with Gasteiger partial charge in [0.15, 0.2) is 13.2 Å². The minimum Gasteiger partial charge on any atom is -0.351 e. The molecule has 1 aliphatic carbocycles. The zero-order chi connectivity index (χ0) is 19.9. The normalized spacial score (nSPS) is 16.2. The van der Waals surface area contributed by atoms with E-state index in [-0.39, 0.29) is 5.91 Å². The topological polar surface area (TPSA) is 56.3 Å². The van der Waals surface area contributed by atoms with Crippen LogP contribution in [-0.4, -0.2) is 40.4 Å². The Labute approximate surface area is 176 Å². The van der Waals surface area contributed by atoms with Crippen molar-refractivity contribution in [3.05, 3.63) is 33.0 Å². The minimum absolute atomic E-state index is 0.0800. The van der Waals surface area contributed by atoms with E-state index < -0.39 is 0 Å². The monoisotopic (exact) mass is 422 g/mol. The van der Waals surface area contributed by atoms with Gasteiger partial charge in [-0.05, 0) is 42.9 Å². The van der Waals surface area contributed by atoms with Crippen molar-refractivity contribution >= 4 is 29.5 Å². The lowest BCUT2D eigenvalue weighted by Crippen LogP contribution is -3.09. The van der Waals surface area contributed by atoms with Crippen LogP contribution in [-0.2, 0) is 17.9 Å². The Morgan fingerprint density at radius 1 is 1.39 bits per heavy atom. The second kappa shape index (κ2) is 10.3. The molecule has 0 spiro atoms. The first-order valence-electron chi connectivity index (χ1n) is 10.4. The molecule has 0 radical (unpaired) electrons. The first-order chi connectivity index (χ1) is 13.6. The van der Waals surface area contributed by atoms with E-state index in [1.165, 1.54) is 37.0 Å². The van der Waals surface area contributed by atoms with Crippen molar-refractivity contribution < 1.29 is 9.69 Å². The number of nitrogens with zero attached hydrogens (tertiary/aromatic N) is 3. The quantitative estimate of drug-likeness (QED) is 0.611. The maximum Gasteiger partial charge on any atom is 0.275 e. The number of hydrogen-bond donors (Lipinski definition) is 2. The Balaban J connectivity index is 1.78. The number of carbonyl (C=O) groups is 1. The van der Waals surface area contributed by atoms with Crippen molar-refractivity contribution in [2.45, 2.75) is 64.6 Å². The highest BCUT2D eigenvalue weighted by atomic mass is 32.1. The van der Waals surface area contributed by atoms with E-state index in [1.807, 2.05) is 11.7 Å². The smallest absolute Gasteiger partial charge is 0.275 e. The molecule has 2 aromatic rings. The van der Waals surface area contributed by atoms with Gasteiger partial charge in [-0.3, -0.25) is 4.79 Å². The lowest BCUT2D eigenvalue weighted by molar-refractivity contribution is -0.895. The SMILES string of the molecule is CCCNC(=O)C[NH+](C)Cn1nc(Cc2cccs2)n(C2CCCCC2)c1=S. The van der Waals surface area contributed by atoms with Crippen LogP contribution in [0.1, 0.15) is 62.2 Å². The number of carbonyl (C=O) groups excluding carboxylic acids is 1. The molecular weight excluding hydrogens is 390 g/mol. The minimum atomic E-state index is 0.0800. The molecule has 1 aliphatic rings. The van der Waals surface area contributed by atoms with Crippen molar-refractivity contribution in [3.63, 3.8) is 0 Å². The van der Waals surface area contributed by atoms with Crippen LogP contribution in [0.5, 0.6) is 0 Å². The van der Waals surface area contributed by atoms with Gasteiger partial charge in [0.25, 0.3) is 5.91 Å². The fourth-order valence-corrected chi connectivity index (χ4v) is 4.94. The van der Waals surface area contributed by atoms with Crippen molar-refractivity contribution in [2.75, 3.05) is 20.1 Å². The highest BCUT2D eigenvalue weighted by Gasteiger charge is 2.23. The summed E-state index contributed by atoms with van der Waals surface area (Å²) >= 11 is 7.61. The van der Waals surface area contributed by atoms with Crippen LogP contribution < -0.4 is 10.2 Å². The number of hydrogen-bond acceptors (Lipinski definition) is 4. The molecule has 2 aromatic heterocycles. The van der Waals surface area contributed by atoms with Crippen molar-refractivity contribution in [2.24, 2.45) is 0 Å². The largest absolute Gasteiger partial charge is 0.351 e. The zero-order valence-corrected chi connectivity index (χ0v) is 18.6. The maximum absolute atomic E-state index is 12.0. The molecule has 0 aliphatic heterocycles. The van der Waals surface area contributed by atoms with Gasteiger partial charge in [-0.2, -0.15) is 9.78 Å². The van der Waals surface area contributed by atoms with E-state index in [0.29, 0.717) is 19.3 Å². The standard InChI is InChI=1S/C20H31N5OS2/c1-3-11-21-19(26)14-23(2)15-24-20(27)25(16-8-5-4-6-9-16)18(22-24)13-17-10-7-12-28-17/h7,10,12,16H,3-6,8-9,11,13-15H2,1-2H3,(H,21,26)/p+1. The van der Waals surface area contributed by atoms with Crippen molar-refractivity contribution in [1.82, 2.24) is 19.7 Å². The molecule has 1 atom stereocenters. The van der Waals surface area contributed by atoms with E-state index in [0.717, 1.165) is 34.9 Å². The first kappa shape index (κ1) is 21.2. The molecule has 3 rings (SSSR count). The Bertz CT molecular complexity index is 805. The number of aromatic nitrogens is 3. The summed E-state index contributed by atoms with van der Waals surface area (Å²) in [5.41, 5.74) is 0. The Morgan fingerprint density at radius 3 is 2.86 bits per heavy atom. The molecule has 6 nitrogen and oxygen atoms in total. The van der Waals surface area contributed by atoms with E-state index in [9.17, 15) is 4.79 Å². The van der Waals surface area contributed by atoms with Gasteiger partial charge < -0.3 is 14.8 Å². The molecule has 0 bridgehead atoms. The molecule has 1 unspecified atom stereocenters. The fourth-order valence-electron chi connectivity index (χ4n) is 3.88. The molecule has 0 saturated heterocycles. The van der Waals surface area contributed by atoms with E-state index in [4.69, 9.17) is 17.3 Å². The summed E-state index contributed by atoms with van der Waals surface area (Å²) in [6, 6.07) is 4.70. The van der Waals surface area contributed by atoms with Gasteiger partial charge in [0.1, 0.15) is 5.82 Å². The lowest BCUT2D eigenvalue weighted by atomic mass is 9.95. The lowest BCUT2D eigenvalue weighted by Gasteiger charge is -2.24. The molecule has 0 aromatic carbocycles. The molecule has 1 saturated carbocycles. The molecular formula is C20H32N5OS2+. The van der Waals surface area contributed by atoms with E-state index in [1.54, 1.807) is 11.3 Å². The van der Waals surface area contributed by atoms with Gasteiger partial charge in [-0.15, -0.1) is 11.3 Å². The van der Waals surface area contributed by atoms with E-state index >= 15 is 0 Å². The predicted molar refractivity (Wildman–Crippen MR) is 115 cm³/mol. The van der Waals surface area contributed by atoms with Gasteiger partial charge in [0.2, 0.25) is 4.77 Å². The Hall–Kier alpha value is -1.51. The maximum atomic E-state index is 12.0. The summed E-state index contributed by atoms with van der Waals surface area (Å²) < 4.78 is 5.03. The number of nitrogens with one attached hydrogen (secondary N) is 2. The number of likely N-dealkylation sites (N-methyl/N-ethyl adjacent to an activating group) is 1. The highest BCUT2D eigenvalue weighted by molar-refractivity contribution is 7.71. The number of thiophene rings is 1. The molecule has 8 heteroatoms. The zero-order valence-electron chi connectivity index (χ0n) is 16.9. The number of quaternary nitrogens is 1. The fraction of sp³-hybridized carbons (Fsp3) is 0.650. The first-order valence-corrected chi connectivity index (χ1v) is 11.7. The molecule has 1 fully saturated rings. The van der Waals surface area contributed by atoms with Gasteiger partial charge in [0, 0.05) is 23.9 Å². The summed E-state index contributed by atoms with van der Waals surface area (Å²) in [4.78, 5) is 14.4. The Morgan fingerprint density at radius 2 is 2.18 bits per heavy atom. The van der Waals surface area contributed by atoms with Crippen molar-refractivity contribution in [1.29, 1.82) is 0 Å². The summed E-state index contributed by atoms with van der Waals surface area (Å²) in [5.74, 6) is 1.14. The highest BCUT2D eigenvalue weighted by Crippen LogP contribution is 2.30. The number of amides is 1. The summed E-state index contributed by atoms with van der Waals surface area (Å²) in [6.07, 6.45) is 7.98. The van der Waals surface area contributed by atoms with Crippen LogP contribution in [0.4, 0.5) is 0 Å².